The van der Waals surface area contributed by atoms with Crippen LogP contribution in [-0.2, 0) is 4.79 Å². The second-order valence-electron chi connectivity index (χ2n) is 6.70. The molecule has 2 amide bonds. The first-order chi connectivity index (χ1) is 12.1. The quantitative estimate of drug-likeness (QED) is 0.644. The van der Waals surface area contributed by atoms with Gasteiger partial charge in [-0.2, -0.15) is 0 Å². The summed E-state index contributed by atoms with van der Waals surface area (Å²) in [5, 5.41) is 5.62. The number of ether oxygens (including phenoxy) is 1. The first kappa shape index (κ1) is 20.5. The van der Waals surface area contributed by atoms with E-state index in [1.807, 2.05) is 32.9 Å². The summed E-state index contributed by atoms with van der Waals surface area (Å²) in [6, 6.07) is 12.2. The molecule has 0 atom stereocenters. The minimum absolute atomic E-state index is 0.140. The minimum atomic E-state index is -0.331. The fourth-order valence-electron chi connectivity index (χ4n) is 2.08. The van der Waals surface area contributed by atoms with Gasteiger partial charge in [-0.25, -0.2) is 0 Å². The van der Waals surface area contributed by atoms with Crippen molar-refractivity contribution in [1.29, 1.82) is 0 Å². The molecule has 0 bridgehead atoms. The molecule has 0 aliphatic carbocycles. The van der Waals surface area contributed by atoms with Crippen LogP contribution in [0.5, 0.6) is 5.75 Å². The number of hydrogen-bond donors (Lipinski definition) is 2. The Bertz CT molecular complexity index is 817. The minimum Gasteiger partial charge on any atom is -0.483 e. The van der Waals surface area contributed by atoms with E-state index in [0.717, 1.165) is 8.95 Å². The maximum absolute atomic E-state index is 12.2. The van der Waals surface area contributed by atoms with E-state index in [0.29, 0.717) is 17.0 Å². The van der Waals surface area contributed by atoms with Crippen molar-refractivity contribution in [2.45, 2.75) is 26.3 Å². The highest BCUT2D eigenvalue weighted by Crippen LogP contribution is 2.28. The highest BCUT2D eigenvalue weighted by Gasteiger charge is 2.15. The third kappa shape index (κ3) is 6.46. The lowest BCUT2D eigenvalue weighted by Crippen LogP contribution is -2.40. The molecule has 5 nitrogen and oxygen atoms in total. The SMILES string of the molecule is CC(C)(C)NC(=O)c1cccc(NC(=O)COc2ccc(Br)cc2Br)c1. The van der Waals surface area contributed by atoms with Gasteiger partial charge in [0, 0.05) is 21.3 Å². The first-order valence-electron chi connectivity index (χ1n) is 7.94. The summed E-state index contributed by atoms with van der Waals surface area (Å²) in [7, 11) is 0. The van der Waals surface area contributed by atoms with E-state index in [1.165, 1.54) is 0 Å². The summed E-state index contributed by atoms with van der Waals surface area (Å²) >= 11 is 6.74. The second-order valence-corrected chi connectivity index (χ2v) is 8.47. The smallest absolute Gasteiger partial charge is 0.262 e. The molecule has 0 radical (unpaired) electrons. The maximum Gasteiger partial charge on any atom is 0.262 e. The second kappa shape index (κ2) is 8.68. The van der Waals surface area contributed by atoms with Crippen molar-refractivity contribution in [3.05, 3.63) is 57.0 Å². The number of benzene rings is 2. The summed E-state index contributed by atoms with van der Waals surface area (Å²) in [6.07, 6.45) is 0. The molecule has 0 fully saturated rings. The molecular weight excluding hydrogens is 464 g/mol. The van der Waals surface area contributed by atoms with Crippen molar-refractivity contribution in [3.8, 4) is 5.75 Å². The van der Waals surface area contributed by atoms with Crippen LogP contribution in [0, 0.1) is 0 Å². The fourth-order valence-corrected chi connectivity index (χ4v) is 3.25. The summed E-state index contributed by atoms with van der Waals surface area (Å²) in [5.41, 5.74) is 0.687. The van der Waals surface area contributed by atoms with Gasteiger partial charge in [-0.3, -0.25) is 9.59 Å². The van der Waals surface area contributed by atoms with Crippen LogP contribution >= 0.6 is 31.9 Å². The summed E-state index contributed by atoms with van der Waals surface area (Å²) in [5.74, 6) is 0.0681. The van der Waals surface area contributed by atoms with Crippen molar-refractivity contribution in [2.24, 2.45) is 0 Å². The van der Waals surface area contributed by atoms with Gasteiger partial charge in [-0.1, -0.05) is 22.0 Å². The molecule has 0 heterocycles. The van der Waals surface area contributed by atoms with Gasteiger partial charge in [0.1, 0.15) is 5.75 Å². The first-order valence-corrected chi connectivity index (χ1v) is 9.53. The zero-order valence-corrected chi connectivity index (χ0v) is 17.9. The van der Waals surface area contributed by atoms with Gasteiger partial charge in [-0.15, -0.1) is 0 Å². The number of rotatable bonds is 5. The summed E-state index contributed by atoms with van der Waals surface area (Å²) < 4.78 is 7.17. The van der Waals surface area contributed by atoms with Gasteiger partial charge in [0.15, 0.2) is 6.61 Å². The van der Waals surface area contributed by atoms with E-state index >= 15 is 0 Å². The number of halogens is 2. The normalized spacial score (nSPS) is 11.0. The van der Waals surface area contributed by atoms with E-state index in [2.05, 4.69) is 42.5 Å². The van der Waals surface area contributed by atoms with E-state index in [-0.39, 0.29) is 24.0 Å². The predicted molar refractivity (Wildman–Crippen MR) is 110 cm³/mol. The van der Waals surface area contributed by atoms with Gasteiger partial charge in [-0.05, 0) is 73.1 Å². The third-order valence-electron chi connectivity index (χ3n) is 3.15. The van der Waals surface area contributed by atoms with Crippen LogP contribution < -0.4 is 15.4 Å². The zero-order chi connectivity index (χ0) is 19.3. The molecule has 0 aliphatic rings. The summed E-state index contributed by atoms with van der Waals surface area (Å²) in [6.45, 7) is 5.59. The lowest BCUT2D eigenvalue weighted by Gasteiger charge is -2.20. The summed E-state index contributed by atoms with van der Waals surface area (Å²) in [4.78, 5) is 24.3. The molecule has 0 aliphatic heterocycles. The molecule has 26 heavy (non-hydrogen) atoms. The van der Waals surface area contributed by atoms with Crippen molar-refractivity contribution in [2.75, 3.05) is 11.9 Å². The highest BCUT2D eigenvalue weighted by atomic mass is 79.9. The monoisotopic (exact) mass is 482 g/mol. The lowest BCUT2D eigenvalue weighted by atomic mass is 10.1. The number of carbonyl (C=O) groups excluding carboxylic acids is 2. The average Bonchev–Trinajstić information content (AvgIpc) is 2.52. The molecule has 0 unspecified atom stereocenters. The number of anilines is 1. The largest absolute Gasteiger partial charge is 0.483 e. The van der Waals surface area contributed by atoms with Crippen LogP contribution in [0.3, 0.4) is 0 Å². The Kier molecular flexibility index (Phi) is 6.83. The Morgan fingerprint density at radius 2 is 1.81 bits per heavy atom. The Hall–Kier alpha value is -1.86. The predicted octanol–water partition coefficient (Wildman–Crippen LogP) is 4.76. The molecular formula is C19H20Br2N2O3. The Morgan fingerprint density at radius 1 is 1.08 bits per heavy atom. The van der Waals surface area contributed by atoms with Gasteiger partial charge in [0.25, 0.3) is 11.8 Å². The molecule has 0 spiro atoms. The van der Waals surface area contributed by atoms with Crippen LogP contribution in [0.25, 0.3) is 0 Å². The van der Waals surface area contributed by atoms with Gasteiger partial charge >= 0.3 is 0 Å². The Morgan fingerprint density at radius 3 is 2.46 bits per heavy atom. The van der Waals surface area contributed by atoms with Crippen LogP contribution in [0.4, 0.5) is 5.69 Å². The molecule has 138 valence electrons. The number of carbonyl (C=O) groups is 2. The molecule has 0 aromatic heterocycles. The standard InChI is InChI=1S/C19H20Br2N2O3/c1-19(2,3)23-18(25)12-5-4-6-14(9-12)22-17(24)11-26-16-8-7-13(20)10-15(16)21/h4-10H,11H2,1-3H3,(H,22,24)(H,23,25). The molecule has 0 saturated heterocycles. The van der Waals surface area contributed by atoms with Crippen molar-refractivity contribution in [3.63, 3.8) is 0 Å². The zero-order valence-electron chi connectivity index (χ0n) is 14.7. The van der Waals surface area contributed by atoms with E-state index in [4.69, 9.17) is 4.74 Å². The van der Waals surface area contributed by atoms with Crippen molar-refractivity contribution >= 4 is 49.4 Å². The number of nitrogens with one attached hydrogen (secondary N) is 2. The molecule has 2 N–H and O–H groups in total. The van der Waals surface area contributed by atoms with E-state index < -0.39 is 0 Å². The molecule has 7 heteroatoms. The topological polar surface area (TPSA) is 67.4 Å². The van der Waals surface area contributed by atoms with Crippen LogP contribution in [0.1, 0.15) is 31.1 Å². The Balaban J connectivity index is 1.96. The fraction of sp³-hybridized carbons (Fsp3) is 0.263. The molecule has 2 rings (SSSR count). The van der Waals surface area contributed by atoms with Crippen LogP contribution in [0.15, 0.2) is 51.4 Å². The molecule has 2 aromatic rings. The van der Waals surface area contributed by atoms with E-state index in [9.17, 15) is 9.59 Å². The maximum atomic E-state index is 12.2. The van der Waals surface area contributed by atoms with Crippen molar-refractivity contribution < 1.29 is 14.3 Å². The van der Waals surface area contributed by atoms with Crippen molar-refractivity contribution in [1.82, 2.24) is 5.32 Å². The van der Waals surface area contributed by atoms with Gasteiger partial charge in [0.05, 0.1) is 4.47 Å². The van der Waals surface area contributed by atoms with Gasteiger partial charge < -0.3 is 15.4 Å². The molecule has 2 aromatic carbocycles. The lowest BCUT2D eigenvalue weighted by molar-refractivity contribution is -0.118. The number of amides is 2. The van der Waals surface area contributed by atoms with E-state index in [1.54, 1.807) is 30.3 Å². The number of hydrogen-bond acceptors (Lipinski definition) is 3. The average molecular weight is 484 g/mol. The Labute approximate surface area is 169 Å². The molecule has 0 saturated carbocycles. The van der Waals surface area contributed by atoms with Gasteiger partial charge in [0.2, 0.25) is 0 Å². The van der Waals surface area contributed by atoms with Crippen LogP contribution in [0.2, 0.25) is 0 Å². The third-order valence-corrected chi connectivity index (χ3v) is 4.26. The highest BCUT2D eigenvalue weighted by molar-refractivity contribution is 9.11. The van der Waals surface area contributed by atoms with Crippen LogP contribution in [-0.4, -0.2) is 24.0 Å².